The monoisotopic (exact) mass is 202 g/mol. The maximum atomic E-state index is 13.1. The Morgan fingerprint density at radius 3 is 2.50 bits per heavy atom. The molecule has 0 unspecified atom stereocenters. The van der Waals surface area contributed by atoms with E-state index in [1.807, 2.05) is 0 Å². The lowest BCUT2D eigenvalue weighted by Gasteiger charge is -2.07. The molecule has 5 heteroatoms. The first-order valence-electron chi connectivity index (χ1n) is 3.75. The number of hydrogen-bond acceptors (Lipinski definition) is 3. The van der Waals surface area contributed by atoms with Crippen molar-refractivity contribution < 1.29 is 23.4 Å². The molecule has 0 radical (unpaired) electrons. The first kappa shape index (κ1) is 10.4. The average Bonchev–Trinajstić information content (AvgIpc) is 2.12. The number of ether oxygens (including phenoxy) is 1. The molecule has 0 bridgehead atoms. The van der Waals surface area contributed by atoms with Crippen LogP contribution in [0.15, 0.2) is 6.07 Å². The molecule has 0 aliphatic rings. The van der Waals surface area contributed by atoms with Gasteiger partial charge >= 0.3 is 0 Å². The van der Waals surface area contributed by atoms with E-state index >= 15 is 0 Å². The van der Waals surface area contributed by atoms with Crippen LogP contribution in [-0.4, -0.2) is 18.0 Å². The number of aromatic hydroxyl groups is 1. The van der Waals surface area contributed by atoms with Gasteiger partial charge in [-0.3, -0.25) is 4.79 Å². The average molecular weight is 202 g/mol. The van der Waals surface area contributed by atoms with E-state index in [2.05, 4.69) is 4.74 Å². The zero-order valence-corrected chi connectivity index (χ0v) is 7.60. The second kappa shape index (κ2) is 3.61. The molecule has 1 N–H and O–H groups in total. The number of ketones is 1. The molecule has 1 aromatic rings. The minimum absolute atomic E-state index is 0.402. The topological polar surface area (TPSA) is 46.5 Å². The first-order chi connectivity index (χ1) is 6.49. The number of carbonyl (C=O) groups is 1. The molecule has 1 aromatic carbocycles. The Bertz CT molecular complexity index is 388. The van der Waals surface area contributed by atoms with Crippen molar-refractivity contribution in [3.05, 3.63) is 23.3 Å². The molecule has 76 valence electrons. The summed E-state index contributed by atoms with van der Waals surface area (Å²) in [5.41, 5.74) is -0.402. The summed E-state index contributed by atoms with van der Waals surface area (Å²) in [5, 5.41) is 9.16. The van der Waals surface area contributed by atoms with Crippen molar-refractivity contribution >= 4 is 5.78 Å². The first-order valence-corrected chi connectivity index (χ1v) is 3.75. The molecule has 0 saturated heterocycles. The smallest absolute Gasteiger partial charge is 0.210 e. The van der Waals surface area contributed by atoms with Gasteiger partial charge in [-0.15, -0.1) is 0 Å². The van der Waals surface area contributed by atoms with E-state index in [1.54, 1.807) is 0 Å². The zero-order valence-electron chi connectivity index (χ0n) is 7.60. The second-order valence-electron chi connectivity index (χ2n) is 2.66. The molecule has 14 heavy (non-hydrogen) atoms. The zero-order chi connectivity index (χ0) is 10.9. The Morgan fingerprint density at radius 1 is 1.50 bits per heavy atom. The van der Waals surface area contributed by atoms with Crippen LogP contribution in [0.4, 0.5) is 8.78 Å². The summed E-state index contributed by atoms with van der Waals surface area (Å²) in [6.45, 7) is 1.10. The van der Waals surface area contributed by atoms with Gasteiger partial charge in [-0.25, -0.2) is 4.39 Å². The number of methoxy groups -OCH3 is 1. The van der Waals surface area contributed by atoms with Gasteiger partial charge < -0.3 is 9.84 Å². The summed E-state index contributed by atoms with van der Waals surface area (Å²) in [5.74, 6) is -4.50. The Hall–Kier alpha value is -1.65. The Balaban J connectivity index is 3.47. The summed E-state index contributed by atoms with van der Waals surface area (Å²) in [7, 11) is 1.06. The lowest BCUT2D eigenvalue weighted by molar-refractivity contribution is 0.101. The molecular weight excluding hydrogens is 194 g/mol. The number of Topliss-reactive ketones (excluding diaryl/α,β-unsaturated/α-hetero) is 1. The van der Waals surface area contributed by atoms with Crippen molar-refractivity contribution in [2.45, 2.75) is 6.92 Å². The maximum absolute atomic E-state index is 13.1. The third-order valence-electron chi connectivity index (χ3n) is 1.73. The number of phenolic OH excluding ortho intramolecular Hbond substituents is 1. The predicted molar refractivity (Wildman–Crippen MR) is 44.6 cm³/mol. The normalized spacial score (nSPS) is 10.0. The molecule has 0 spiro atoms. The highest BCUT2D eigenvalue weighted by Gasteiger charge is 2.20. The van der Waals surface area contributed by atoms with Crippen LogP contribution >= 0.6 is 0 Å². The van der Waals surface area contributed by atoms with Crippen LogP contribution in [0, 0.1) is 11.6 Å². The van der Waals surface area contributed by atoms with E-state index in [4.69, 9.17) is 5.11 Å². The van der Waals surface area contributed by atoms with Crippen LogP contribution in [-0.2, 0) is 0 Å². The minimum atomic E-state index is -1.27. The van der Waals surface area contributed by atoms with Crippen molar-refractivity contribution in [3.63, 3.8) is 0 Å². The van der Waals surface area contributed by atoms with Crippen LogP contribution in [0.25, 0.3) is 0 Å². The van der Waals surface area contributed by atoms with E-state index < -0.39 is 34.5 Å². The summed E-state index contributed by atoms with van der Waals surface area (Å²) in [6, 6.07) is 0.736. The van der Waals surface area contributed by atoms with E-state index in [0.717, 1.165) is 20.1 Å². The molecular formula is C9H8F2O3. The fraction of sp³-hybridized carbons (Fsp3) is 0.222. The summed E-state index contributed by atoms with van der Waals surface area (Å²) in [6.07, 6.45) is 0. The molecule has 0 saturated carbocycles. The van der Waals surface area contributed by atoms with Crippen molar-refractivity contribution in [1.82, 2.24) is 0 Å². The van der Waals surface area contributed by atoms with Gasteiger partial charge in [0.1, 0.15) is 0 Å². The van der Waals surface area contributed by atoms with Crippen molar-refractivity contribution in [3.8, 4) is 11.5 Å². The van der Waals surface area contributed by atoms with Gasteiger partial charge in [0.05, 0.1) is 12.7 Å². The molecule has 0 aliphatic heterocycles. The third kappa shape index (κ3) is 1.53. The number of rotatable bonds is 2. The molecule has 0 aromatic heterocycles. The van der Waals surface area contributed by atoms with E-state index in [0.29, 0.717) is 0 Å². The van der Waals surface area contributed by atoms with Gasteiger partial charge in [-0.05, 0) is 13.0 Å². The number of phenols is 1. The Morgan fingerprint density at radius 2 is 2.07 bits per heavy atom. The quantitative estimate of drug-likeness (QED) is 0.745. The van der Waals surface area contributed by atoms with Gasteiger partial charge in [-0.2, -0.15) is 4.39 Å². The fourth-order valence-electron chi connectivity index (χ4n) is 1.05. The predicted octanol–water partition coefficient (Wildman–Crippen LogP) is 1.88. The van der Waals surface area contributed by atoms with Gasteiger partial charge in [0, 0.05) is 0 Å². The van der Waals surface area contributed by atoms with Gasteiger partial charge in [-0.1, -0.05) is 0 Å². The van der Waals surface area contributed by atoms with E-state index in [-0.39, 0.29) is 0 Å². The number of carbonyl (C=O) groups excluding carboxylic acids is 1. The van der Waals surface area contributed by atoms with Crippen LogP contribution in [0.2, 0.25) is 0 Å². The van der Waals surface area contributed by atoms with Crippen LogP contribution in [0.5, 0.6) is 11.5 Å². The highest BCUT2D eigenvalue weighted by Crippen LogP contribution is 2.32. The van der Waals surface area contributed by atoms with Crippen molar-refractivity contribution in [2.24, 2.45) is 0 Å². The largest absolute Gasteiger partial charge is 0.504 e. The third-order valence-corrected chi connectivity index (χ3v) is 1.73. The van der Waals surface area contributed by atoms with Crippen LogP contribution in [0.3, 0.4) is 0 Å². The summed E-state index contributed by atoms with van der Waals surface area (Å²) < 4.78 is 30.5. The Labute approximate surface area is 78.9 Å². The van der Waals surface area contributed by atoms with Gasteiger partial charge in [0.15, 0.2) is 23.1 Å². The minimum Gasteiger partial charge on any atom is -0.504 e. The summed E-state index contributed by atoms with van der Waals surface area (Å²) in [4.78, 5) is 10.8. The molecule has 3 nitrogen and oxygen atoms in total. The SMILES string of the molecule is COc1c(F)cc(C(C)=O)c(O)c1F. The molecule has 0 amide bonds. The molecule has 0 aliphatic carbocycles. The highest BCUT2D eigenvalue weighted by atomic mass is 19.1. The number of hydrogen-bond donors (Lipinski definition) is 1. The Kier molecular flexibility index (Phi) is 2.69. The molecule has 0 atom stereocenters. The van der Waals surface area contributed by atoms with Crippen LogP contribution in [0.1, 0.15) is 17.3 Å². The lowest BCUT2D eigenvalue weighted by Crippen LogP contribution is -2.00. The van der Waals surface area contributed by atoms with E-state index in [1.165, 1.54) is 0 Å². The van der Waals surface area contributed by atoms with Crippen molar-refractivity contribution in [2.75, 3.05) is 7.11 Å². The second-order valence-corrected chi connectivity index (χ2v) is 2.66. The maximum Gasteiger partial charge on any atom is 0.210 e. The highest BCUT2D eigenvalue weighted by molar-refractivity contribution is 5.97. The fourth-order valence-corrected chi connectivity index (χ4v) is 1.05. The standard InChI is InChI=1S/C9H8F2O3/c1-4(12)5-3-6(10)9(14-2)7(11)8(5)13/h3,13H,1-2H3. The molecule has 1 rings (SSSR count). The van der Waals surface area contributed by atoms with Crippen LogP contribution < -0.4 is 4.74 Å². The van der Waals surface area contributed by atoms with Gasteiger partial charge in [0.25, 0.3) is 0 Å². The van der Waals surface area contributed by atoms with Gasteiger partial charge in [0.2, 0.25) is 5.82 Å². The molecule has 0 heterocycles. The van der Waals surface area contributed by atoms with Crippen molar-refractivity contribution in [1.29, 1.82) is 0 Å². The number of benzene rings is 1. The number of halogens is 2. The summed E-state index contributed by atoms with van der Waals surface area (Å²) >= 11 is 0. The lowest BCUT2D eigenvalue weighted by atomic mass is 10.1. The molecule has 0 fully saturated rings. The van der Waals surface area contributed by atoms with E-state index in [9.17, 15) is 13.6 Å².